The normalized spacial score (nSPS) is 15.5. The van der Waals surface area contributed by atoms with Gasteiger partial charge in [-0.2, -0.15) is 0 Å². The zero-order chi connectivity index (χ0) is 14.1. The lowest BCUT2D eigenvalue weighted by Crippen LogP contribution is -2.36. The first-order chi connectivity index (χ1) is 10.4. The number of aromatic nitrogens is 4. The van der Waals surface area contributed by atoms with Crippen molar-refractivity contribution in [3.8, 4) is 11.3 Å². The molecule has 106 valence electrons. The summed E-state index contributed by atoms with van der Waals surface area (Å²) in [5.41, 5.74) is 4.47. The standard InChI is InChI=1S/C15H15N5O/c1-3-12(20-5-7-21-8-6-20)4-2-11(1)13-9-16-14-15(19-13)18-10-17-14/h1-4,9-10H,5-8H2,(H,16,17,18,19). The van der Waals surface area contributed by atoms with Crippen molar-refractivity contribution in [2.24, 2.45) is 0 Å². The Hall–Kier alpha value is -2.47. The van der Waals surface area contributed by atoms with E-state index in [1.54, 1.807) is 12.5 Å². The molecule has 6 nitrogen and oxygen atoms in total. The molecular weight excluding hydrogens is 266 g/mol. The third kappa shape index (κ3) is 2.34. The highest BCUT2D eigenvalue weighted by Crippen LogP contribution is 2.22. The molecule has 0 spiro atoms. The molecule has 0 aliphatic carbocycles. The summed E-state index contributed by atoms with van der Waals surface area (Å²) in [4.78, 5) is 18.2. The van der Waals surface area contributed by atoms with Crippen molar-refractivity contribution >= 4 is 17.0 Å². The number of fused-ring (bicyclic) bond motifs is 1. The quantitative estimate of drug-likeness (QED) is 0.776. The first-order valence-corrected chi connectivity index (χ1v) is 6.99. The van der Waals surface area contributed by atoms with Gasteiger partial charge in [-0.25, -0.2) is 15.0 Å². The summed E-state index contributed by atoms with van der Waals surface area (Å²) in [7, 11) is 0. The van der Waals surface area contributed by atoms with Crippen molar-refractivity contribution in [2.45, 2.75) is 0 Å². The van der Waals surface area contributed by atoms with Gasteiger partial charge in [0.05, 0.1) is 31.4 Å². The molecule has 6 heteroatoms. The van der Waals surface area contributed by atoms with Crippen LogP contribution in [0.5, 0.6) is 0 Å². The maximum atomic E-state index is 5.38. The van der Waals surface area contributed by atoms with Crippen molar-refractivity contribution in [1.29, 1.82) is 0 Å². The van der Waals surface area contributed by atoms with Gasteiger partial charge in [-0.3, -0.25) is 0 Å². The number of benzene rings is 1. The van der Waals surface area contributed by atoms with Gasteiger partial charge in [-0.1, -0.05) is 12.1 Å². The maximum absolute atomic E-state index is 5.38. The summed E-state index contributed by atoms with van der Waals surface area (Å²) < 4.78 is 5.38. The lowest BCUT2D eigenvalue weighted by Gasteiger charge is -2.28. The van der Waals surface area contributed by atoms with Crippen LogP contribution in [0.2, 0.25) is 0 Å². The lowest BCUT2D eigenvalue weighted by molar-refractivity contribution is 0.122. The third-order valence-electron chi connectivity index (χ3n) is 3.68. The molecule has 1 aromatic carbocycles. The molecule has 0 bridgehead atoms. The Morgan fingerprint density at radius 1 is 1.05 bits per heavy atom. The largest absolute Gasteiger partial charge is 0.378 e. The van der Waals surface area contributed by atoms with Crippen LogP contribution in [-0.2, 0) is 4.74 Å². The van der Waals surface area contributed by atoms with Crippen LogP contribution in [0.4, 0.5) is 5.69 Å². The number of hydrogen-bond acceptors (Lipinski definition) is 5. The second-order valence-electron chi connectivity index (χ2n) is 4.98. The topological polar surface area (TPSA) is 66.9 Å². The van der Waals surface area contributed by atoms with Gasteiger partial charge in [0, 0.05) is 24.3 Å². The molecule has 3 aromatic rings. The van der Waals surface area contributed by atoms with Gasteiger partial charge in [-0.15, -0.1) is 0 Å². The van der Waals surface area contributed by atoms with Crippen molar-refractivity contribution in [3.05, 3.63) is 36.8 Å². The molecule has 1 aliphatic heterocycles. The third-order valence-corrected chi connectivity index (χ3v) is 3.68. The Labute approximate surface area is 121 Å². The maximum Gasteiger partial charge on any atom is 0.197 e. The van der Waals surface area contributed by atoms with Crippen LogP contribution in [0.25, 0.3) is 22.6 Å². The first-order valence-electron chi connectivity index (χ1n) is 6.99. The number of anilines is 1. The van der Waals surface area contributed by atoms with Crippen LogP contribution in [0.3, 0.4) is 0 Å². The zero-order valence-corrected chi connectivity index (χ0v) is 11.5. The van der Waals surface area contributed by atoms with Crippen molar-refractivity contribution in [1.82, 2.24) is 19.9 Å². The van der Waals surface area contributed by atoms with E-state index < -0.39 is 0 Å². The Morgan fingerprint density at radius 2 is 1.86 bits per heavy atom. The summed E-state index contributed by atoms with van der Waals surface area (Å²) in [5.74, 6) is 0. The van der Waals surface area contributed by atoms with Crippen LogP contribution in [0.15, 0.2) is 36.8 Å². The van der Waals surface area contributed by atoms with E-state index in [9.17, 15) is 0 Å². The van der Waals surface area contributed by atoms with Crippen molar-refractivity contribution in [2.75, 3.05) is 31.2 Å². The van der Waals surface area contributed by atoms with E-state index in [-0.39, 0.29) is 0 Å². The molecule has 1 aliphatic rings. The molecule has 0 radical (unpaired) electrons. The minimum atomic E-state index is 0.642. The van der Waals surface area contributed by atoms with E-state index in [2.05, 4.69) is 49.1 Å². The fourth-order valence-corrected chi connectivity index (χ4v) is 2.53. The number of aromatic amines is 1. The molecule has 4 rings (SSSR count). The summed E-state index contributed by atoms with van der Waals surface area (Å²) in [6.07, 6.45) is 3.36. The van der Waals surface area contributed by atoms with Gasteiger partial charge in [0.2, 0.25) is 0 Å². The van der Waals surface area contributed by atoms with E-state index in [0.717, 1.165) is 37.6 Å². The van der Waals surface area contributed by atoms with Crippen LogP contribution in [-0.4, -0.2) is 46.2 Å². The number of rotatable bonds is 2. The van der Waals surface area contributed by atoms with Crippen LogP contribution in [0, 0.1) is 0 Å². The second-order valence-corrected chi connectivity index (χ2v) is 4.98. The minimum absolute atomic E-state index is 0.642. The number of H-pyrrole nitrogens is 1. The highest BCUT2D eigenvalue weighted by atomic mass is 16.5. The van der Waals surface area contributed by atoms with Gasteiger partial charge in [0.25, 0.3) is 0 Å². The zero-order valence-electron chi connectivity index (χ0n) is 11.5. The average molecular weight is 281 g/mol. The van der Waals surface area contributed by atoms with E-state index in [4.69, 9.17) is 4.74 Å². The van der Waals surface area contributed by atoms with Gasteiger partial charge in [0.1, 0.15) is 0 Å². The summed E-state index contributed by atoms with van der Waals surface area (Å²) in [6.45, 7) is 3.48. The number of morpholine rings is 1. The summed E-state index contributed by atoms with van der Waals surface area (Å²) in [6, 6.07) is 8.41. The molecular formula is C15H15N5O. The highest BCUT2D eigenvalue weighted by Gasteiger charge is 2.11. The Morgan fingerprint density at radius 3 is 2.67 bits per heavy atom. The molecule has 1 saturated heterocycles. The molecule has 1 N–H and O–H groups in total. The summed E-state index contributed by atoms with van der Waals surface area (Å²) in [5, 5.41) is 0. The molecule has 3 heterocycles. The Kier molecular flexibility index (Phi) is 3.01. The van der Waals surface area contributed by atoms with E-state index in [0.29, 0.717) is 11.3 Å². The average Bonchev–Trinajstić information content (AvgIpc) is 3.03. The molecule has 0 amide bonds. The SMILES string of the molecule is c1nc2ncc(-c3ccc(N4CCOCC4)cc3)nc2[nH]1. The second kappa shape index (κ2) is 5.14. The van der Waals surface area contributed by atoms with Crippen molar-refractivity contribution in [3.63, 3.8) is 0 Å². The fraction of sp³-hybridized carbons (Fsp3) is 0.267. The number of imidazole rings is 1. The Balaban J connectivity index is 1.62. The molecule has 2 aromatic heterocycles. The van der Waals surface area contributed by atoms with Crippen LogP contribution in [0.1, 0.15) is 0 Å². The number of nitrogens with one attached hydrogen (secondary N) is 1. The van der Waals surface area contributed by atoms with Crippen molar-refractivity contribution < 1.29 is 4.74 Å². The predicted octanol–water partition coefficient (Wildman–Crippen LogP) is 1.86. The lowest BCUT2D eigenvalue weighted by atomic mass is 10.1. The molecule has 0 atom stereocenters. The van der Waals surface area contributed by atoms with Gasteiger partial charge in [-0.05, 0) is 12.1 Å². The molecule has 1 fully saturated rings. The Bertz CT molecular complexity index is 746. The first kappa shape index (κ1) is 12.3. The minimum Gasteiger partial charge on any atom is -0.378 e. The number of nitrogens with zero attached hydrogens (tertiary/aromatic N) is 4. The predicted molar refractivity (Wildman–Crippen MR) is 80.2 cm³/mol. The van der Waals surface area contributed by atoms with Gasteiger partial charge < -0.3 is 14.6 Å². The van der Waals surface area contributed by atoms with Gasteiger partial charge in [0.15, 0.2) is 11.3 Å². The number of ether oxygens (including phenoxy) is 1. The molecule has 0 saturated carbocycles. The molecule has 0 unspecified atom stereocenters. The van der Waals surface area contributed by atoms with Crippen LogP contribution >= 0.6 is 0 Å². The summed E-state index contributed by atoms with van der Waals surface area (Å²) >= 11 is 0. The van der Waals surface area contributed by atoms with E-state index in [1.165, 1.54) is 5.69 Å². The highest BCUT2D eigenvalue weighted by molar-refractivity contribution is 5.70. The van der Waals surface area contributed by atoms with E-state index >= 15 is 0 Å². The monoisotopic (exact) mass is 281 g/mol. The van der Waals surface area contributed by atoms with Crippen LogP contribution < -0.4 is 4.90 Å². The van der Waals surface area contributed by atoms with Gasteiger partial charge >= 0.3 is 0 Å². The number of hydrogen-bond donors (Lipinski definition) is 1. The molecule has 21 heavy (non-hydrogen) atoms. The fourth-order valence-electron chi connectivity index (χ4n) is 2.53. The van der Waals surface area contributed by atoms with E-state index in [1.807, 2.05) is 0 Å². The smallest absolute Gasteiger partial charge is 0.197 e.